The van der Waals surface area contributed by atoms with E-state index in [1.54, 1.807) is 7.11 Å². The summed E-state index contributed by atoms with van der Waals surface area (Å²) in [5, 5.41) is 10.2. The molecule has 0 fully saturated rings. The number of ether oxygens (including phenoxy) is 1. The lowest BCUT2D eigenvalue weighted by Crippen LogP contribution is -2.33. The van der Waals surface area contributed by atoms with Gasteiger partial charge in [0.05, 0.1) is 12.2 Å². The van der Waals surface area contributed by atoms with Gasteiger partial charge >= 0.3 is 0 Å². The van der Waals surface area contributed by atoms with Crippen molar-refractivity contribution in [3.63, 3.8) is 0 Å². The van der Waals surface area contributed by atoms with Crippen LogP contribution in [0.4, 0.5) is 0 Å². The van der Waals surface area contributed by atoms with Crippen molar-refractivity contribution in [2.45, 2.75) is 83.7 Å². The van der Waals surface area contributed by atoms with E-state index in [9.17, 15) is 5.11 Å². The lowest BCUT2D eigenvalue weighted by molar-refractivity contribution is -0.0413. The molecular formula is C15H32O2. The molecule has 1 atom stereocenters. The Labute approximate surface area is 108 Å². The molecule has 0 aliphatic carbocycles. The van der Waals surface area contributed by atoms with Crippen LogP contribution in [-0.2, 0) is 4.74 Å². The van der Waals surface area contributed by atoms with Crippen LogP contribution in [0, 0.1) is 0 Å². The van der Waals surface area contributed by atoms with E-state index in [-0.39, 0.29) is 0 Å². The number of rotatable bonds is 12. The van der Waals surface area contributed by atoms with Gasteiger partial charge in [-0.25, -0.2) is 0 Å². The van der Waals surface area contributed by atoms with E-state index in [1.165, 1.54) is 44.9 Å². The maximum Gasteiger partial charge on any atom is 0.0877 e. The Kier molecular flexibility index (Phi) is 11.0. The van der Waals surface area contributed by atoms with Crippen molar-refractivity contribution in [3.05, 3.63) is 0 Å². The summed E-state index contributed by atoms with van der Waals surface area (Å²) in [4.78, 5) is 0. The fraction of sp³-hybridized carbons (Fsp3) is 1.00. The summed E-state index contributed by atoms with van der Waals surface area (Å²) < 4.78 is 5.07. The Bertz CT molecular complexity index is 159. The van der Waals surface area contributed by atoms with Gasteiger partial charge in [-0.1, -0.05) is 65.2 Å². The van der Waals surface area contributed by atoms with Crippen LogP contribution in [0.3, 0.4) is 0 Å². The second-order valence-corrected chi connectivity index (χ2v) is 5.24. The fourth-order valence-corrected chi connectivity index (χ4v) is 2.21. The van der Waals surface area contributed by atoms with Crippen molar-refractivity contribution in [1.82, 2.24) is 0 Å². The highest BCUT2D eigenvalue weighted by Crippen LogP contribution is 2.20. The highest BCUT2D eigenvalue weighted by molar-refractivity contribution is 4.75. The standard InChI is InChI=1S/C15H32O2/c1-4-6-7-8-9-10-11-12-13-15(16,5-2)14-17-3/h16H,4-14H2,1-3H3. The van der Waals surface area contributed by atoms with Gasteiger partial charge in [0.25, 0.3) is 0 Å². The third-order valence-corrected chi connectivity index (χ3v) is 3.57. The summed E-state index contributed by atoms with van der Waals surface area (Å²) in [6.07, 6.45) is 12.2. The molecule has 0 bridgehead atoms. The first-order valence-electron chi connectivity index (χ1n) is 7.40. The predicted molar refractivity (Wildman–Crippen MR) is 74.3 cm³/mol. The predicted octanol–water partition coefficient (Wildman–Crippen LogP) is 4.30. The minimum absolute atomic E-state index is 0.472. The molecule has 0 aromatic carbocycles. The van der Waals surface area contributed by atoms with E-state index in [0.29, 0.717) is 6.61 Å². The molecule has 0 amide bonds. The Morgan fingerprint density at radius 2 is 1.41 bits per heavy atom. The summed E-state index contributed by atoms with van der Waals surface area (Å²) in [7, 11) is 1.66. The molecule has 1 N–H and O–H groups in total. The molecule has 0 spiro atoms. The molecule has 17 heavy (non-hydrogen) atoms. The van der Waals surface area contributed by atoms with Crippen LogP contribution in [0.15, 0.2) is 0 Å². The summed E-state index contributed by atoms with van der Waals surface area (Å²) in [5.41, 5.74) is -0.586. The molecule has 1 unspecified atom stereocenters. The minimum atomic E-state index is -0.586. The van der Waals surface area contributed by atoms with Crippen LogP contribution in [0.25, 0.3) is 0 Å². The normalized spacial score (nSPS) is 14.8. The van der Waals surface area contributed by atoms with Gasteiger partial charge in [-0.2, -0.15) is 0 Å². The quantitative estimate of drug-likeness (QED) is 0.518. The minimum Gasteiger partial charge on any atom is -0.387 e. The Morgan fingerprint density at radius 3 is 1.88 bits per heavy atom. The molecule has 0 aromatic heterocycles. The van der Waals surface area contributed by atoms with Crippen LogP contribution >= 0.6 is 0 Å². The lowest BCUT2D eigenvalue weighted by atomic mass is 9.94. The van der Waals surface area contributed by atoms with Crippen LogP contribution in [0.1, 0.15) is 78.1 Å². The van der Waals surface area contributed by atoms with Crippen molar-refractivity contribution >= 4 is 0 Å². The maximum atomic E-state index is 10.2. The highest BCUT2D eigenvalue weighted by Gasteiger charge is 2.23. The van der Waals surface area contributed by atoms with Crippen molar-refractivity contribution < 1.29 is 9.84 Å². The average Bonchev–Trinajstić information content (AvgIpc) is 2.33. The van der Waals surface area contributed by atoms with Crippen LogP contribution in [0.5, 0.6) is 0 Å². The van der Waals surface area contributed by atoms with Crippen molar-refractivity contribution in [2.75, 3.05) is 13.7 Å². The molecule has 0 rings (SSSR count). The monoisotopic (exact) mass is 244 g/mol. The molecular weight excluding hydrogens is 212 g/mol. The van der Waals surface area contributed by atoms with E-state index < -0.39 is 5.60 Å². The van der Waals surface area contributed by atoms with Gasteiger partial charge in [0.15, 0.2) is 0 Å². The van der Waals surface area contributed by atoms with Gasteiger partial charge in [-0.05, 0) is 12.8 Å². The van der Waals surface area contributed by atoms with Crippen molar-refractivity contribution in [2.24, 2.45) is 0 Å². The molecule has 0 heterocycles. The first-order valence-corrected chi connectivity index (χ1v) is 7.40. The summed E-state index contributed by atoms with van der Waals surface area (Å²) >= 11 is 0. The third kappa shape index (κ3) is 9.61. The van der Waals surface area contributed by atoms with E-state index in [1.807, 2.05) is 6.92 Å². The molecule has 0 aliphatic rings. The summed E-state index contributed by atoms with van der Waals surface area (Å²) in [6, 6.07) is 0. The number of aliphatic hydroxyl groups is 1. The number of hydrogen-bond donors (Lipinski definition) is 1. The second-order valence-electron chi connectivity index (χ2n) is 5.24. The zero-order chi connectivity index (χ0) is 13.0. The molecule has 104 valence electrons. The molecule has 2 heteroatoms. The van der Waals surface area contributed by atoms with Gasteiger partial charge in [0, 0.05) is 7.11 Å². The van der Waals surface area contributed by atoms with Crippen molar-refractivity contribution in [1.29, 1.82) is 0 Å². The molecule has 2 nitrogen and oxygen atoms in total. The summed E-state index contributed by atoms with van der Waals surface area (Å²) in [6.45, 7) is 4.76. The fourth-order valence-electron chi connectivity index (χ4n) is 2.21. The molecule has 0 saturated carbocycles. The van der Waals surface area contributed by atoms with E-state index in [0.717, 1.165) is 19.3 Å². The first kappa shape index (κ1) is 16.9. The van der Waals surface area contributed by atoms with Gasteiger partial charge in [-0.15, -0.1) is 0 Å². The Morgan fingerprint density at radius 1 is 0.882 bits per heavy atom. The topological polar surface area (TPSA) is 29.5 Å². The smallest absolute Gasteiger partial charge is 0.0877 e. The van der Waals surface area contributed by atoms with Gasteiger partial charge in [0.1, 0.15) is 0 Å². The Balaban J connectivity index is 3.37. The molecule has 0 saturated heterocycles. The van der Waals surface area contributed by atoms with Crippen LogP contribution < -0.4 is 0 Å². The number of unbranched alkanes of at least 4 members (excludes halogenated alkanes) is 7. The van der Waals surface area contributed by atoms with Gasteiger partial charge < -0.3 is 9.84 Å². The number of methoxy groups -OCH3 is 1. The van der Waals surface area contributed by atoms with E-state index in [4.69, 9.17) is 4.74 Å². The maximum absolute atomic E-state index is 10.2. The molecule has 0 aliphatic heterocycles. The lowest BCUT2D eigenvalue weighted by Gasteiger charge is -2.25. The second kappa shape index (κ2) is 11.0. The zero-order valence-corrected chi connectivity index (χ0v) is 12.1. The van der Waals surface area contributed by atoms with Crippen LogP contribution in [0.2, 0.25) is 0 Å². The van der Waals surface area contributed by atoms with Crippen LogP contribution in [-0.4, -0.2) is 24.4 Å². The summed E-state index contributed by atoms with van der Waals surface area (Å²) in [5.74, 6) is 0. The van der Waals surface area contributed by atoms with E-state index >= 15 is 0 Å². The average molecular weight is 244 g/mol. The largest absolute Gasteiger partial charge is 0.387 e. The van der Waals surface area contributed by atoms with Gasteiger partial charge in [-0.3, -0.25) is 0 Å². The zero-order valence-electron chi connectivity index (χ0n) is 12.1. The Hall–Kier alpha value is -0.0800. The molecule has 0 aromatic rings. The van der Waals surface area contributed by atoms with Crippen molar-refractivity contribution in [3.8, 4) is 0 Å². The highest BCUT2D eigenvalue weighted by atomic mass is 16.5. The number of hydrogen-bond acceptors (Lipinski definition) is 2. The SMILES string of the molecule is CCCCCCCCCCC(O)(CC)COC. The van der Waals surface area contributed by atoms with E-state index in [2.05, 4.69) is 6.92 Å². The third-order valence-electron chi connectivity index (χ3n) is 3.57. The van der Waals surface area contributed by atoms with Gasteiger partial charge in [0.2, 0.25) is 0 Å². The first-order chi connectivity index (χ1) is 8.18. The molecule has 0 radical (unpaired) electrons.